The average molecular weight is 500 g/mol. The first-order chi connectivity index (χ1) is 15.6. The third kappa shape index (κ3) is 4.42. The summed E-state index contributed by atoms with van der Waals surface area (Å²) in [6.07, 6.45) is 0. The first-order valence-electron chi connectivity index (χ1n) is 9.53. The van der Waals surface area contributed by atoms with Crippen LogP contribution in [0, 0.1) is 6.92 Å². The molecule has 0 radical (unpaired) electrons. The van der Waals surface area contributed by atoms with Crippen molar-refractivity contribution in [1.29, 1.82) is 0 Å². The van der Waals surface area contributed by atoms with Gasteiger partial charge in [0.2, 0.25) is 5.13 Å². The Hall–Kier alpha value is -2.73. The van der Waals surface area contributed by atoms with Gasteiger partial charge in [0.25, 0.3) is 5.56 Å². The van der Waals surface area contributed by atoms with Crippen LogP contribution in [0.2, 0.25) is 0 Å². The van der Waals surface area contributed by atoms with Crippen LogP contribution in [0.1, 0.15) is 10.7 Å². The van der Waals surface area contributed by atoms with Crippen molar-refractivity contribution in [3.05, 3.63) is 62.8 Å². The van der Waals surface area contributed by atoms with Crippen LogP contribution in [0.25, 0.3) is 20.7 Å². The molecule has 0 bridgehead atoms. The smallest absolute Gasteiger partial charge is 0.260 e. The molecule has 0 amide bonds. The summed E-state index contributed by atoms with van der Waals surface area (Å²) in [5, 5.41) is 15.0. The first-order valence-corrected chi connectivity index (χ1v) is 13.0. The van der Waals surface area contributed by atoms with Crippen LogP contribution < -0.4 is 15.6 Å². The highest BCUT2D eigenvalue weighted by molar-refractivity contribution is 8.00. The highest BCUT2D eigenvalue weighted by Gasteiger charge is 2.15. The van der Waals surface area contributed by atoms with Gasteiger partial charge in [-0.15, -0.1) is 32.9 Å². The lowest BCUT2D eigenvalue weighted by Crippen LogP contribution is -2.10. The lowest BCUT2D eigenvalue weighted by Gasteiger charge is -2.03. The van der Waals surface area contributed by atoms with Gasteiger partial charge in [0.1, 0.15) is 16.4 Å². The molecule has 0 saturated carbocycles. The molecule has 32 heavy (non-hydrogen) atoms. The minimum Gasteiger partial charge on any atom is -0.497 e. The van der Waals surface area contributed by atoms with Gasteiger partial charge in [-0.05, 0) is 43.3 Å². The van der Waals surface area contributed by atoms with E-state index in [2.05, 4.69) is 44.5 Å². The Balaban J connectivity index is 1.29. The lowest BCUT2D eigenvalue weighted by molar-refractivity contribution is 0.415. The Morgan fingerprint density at radius 1 is 1.12 bits per heavy atom. The molecule has 5 aromatic rings. The molecular formula is C21H17N5O2S4. The molecule has 162 valence electrons. The zero-order valence-electron chi connectivity index (χ0n) is 17.0. The maximum atomic E-state index is 12.8. The molecule has 0 fully saturated rings. The molecule has 0 unspecified atom stereocenters. The van der Waals surface area contributed by atoms with E-state index in [9.17, 15) is 4.79 Å². The number of rotatable bonds is 7. The Labute approximate surface area is 199 Å². The van der Waals surface area contributed by atoms with E-state index in [0.717, 1.165) is 31.0 Å². The second-order valence-corrected chi connectivity index (χ2v) is 11.1. The largest absolute Gasteiger partial charge is 0.497 e. The highest BCUT2D eigenvalue weighted by Crippen LogP contribution is 2.35. The molecule has 0 aliphatic carbocycles. The van der Waals surface area contributed by atoms with Gasteiger partial charge in [0.05, 0.1) is 18.2 Å². The van der Waals surface area contributed by atoms with Crippen molar-refractivity contribution < 1.29 is 4.74 Å². The van der Waals surface area contributed by atoms with Crippen LogP contribution in [0.5, 0.6) is 5.75 Å². The van der Waals surface area contributed by atoms with Gasteiger partial charge < -0.3 is 15.0 Å². The number of fused-ring (bicyclic) bond motifs is 1. The lowest BCUT2D eigenvalue weighted by atomic mass is 10.2. The topological polar surface area (TPSA) is 92.8 Å². The summed E-state index contributed by atoms with van der Waals surface area (Å²) >= 11 is 6.12. The van der Waals surface area contributed by atoms with E-state index in [1.165, 1.54) is 39.3 Å². The Morgan fingerprint density at radius 2 is 1.97 bits per heavy atom. The van der Waals surface area contributed by atoms with Crippen molar-refractivity contribution in [2.24, 2.45) is 0 Å². The van der Waals surface area contributed by atoms with Crippen LogP contribution in [0.15, 0.2) is 50.9 Å². The number of thiophene rings is 2. The summed E-state index contributed by atoms with van der Waals surface area (Å²) < 4.78 is 5.97. The molecular weight excluding hydrogens is 483 g/mol. The second-order valence-electron chi connectivity index (χ2n) is 6.77. The predicted molar refractivity (Wildman–Crippen MR) is 134 cm³/mol. The number of aromatic nitrogens is 4. The number of nitrogens with one attached hydrogen (secondary N) is 2. The molecule has 0 saturated heterocycles. The van der Waals surface area contributed by atoms with E-state index in [1.54, 1.807) is 18.4 Å². The molecule has 0 spiro atoms. The molecule has 5 rings (SSSR count). The maximum absolute atomic E-state index is 12.8. The molecule has 2 N–H and O–H groups in total. The molecule has 0 aliphatic heterocycles. The van der Waals surface area contributed by atoms with E-state index in [1.807, 2.05) is 29.6 Å². The van der Waals surface area contributed by atoms with E-state index in [4.69, 9.17) is 4.74 Å². The number of aromatic amines is 1. The minimum absolute atomic E-state index is 0.105. The number of anilines is 2. The van der Waals surface area contributed by atoms with Crippen LogP contribution >= 0.6 is 45.8 Å². The second kappa shape index (κ2) is 9.02. The third-order valence-electron chi connectivity index (χ3n) is 4.58. The fourth-order valence-electron chi connectivity index (χ4n) is 3.07. The molecule has 1 aromatic carbocycles. The quantitative estimate of drug-likeness (QED) is 0.269. The molecule has 4 heterocycles. The molecule has 0 atom stereocenters. The van der Waals surface area contributed by atoms with Crippen LogP contribution in [0.3, 0.4) is 0 Å². The third-order valence-corrected chi connectivity index (χ3v) is 8.47. The van der Waals surface area contributed by atoms with Crippen molar-refractivity contribution in [1.82, 2.24) is 20.2 Å². The molecule has 11 heteroatoms. The zero-order chi connectivity index (χ0) is 22.1. The average Bonchev–Trinajstić information content (AvgIpc) is 3.53. The summed E-state index contributed by atoms with van der Waals surface area (Å²) in [5.41, 5.74) is 1.76. The number of ether oxygens (including phenoxy) is 1. The fourth-order valence-corrected chi connectivity index (χ4v) is 6.63. The number of thioether (sulfide) groups is 1. The van der Waals surface area contributed by atoms with Gasteiger partial charge in [-0.25, -0.2) is 4.98 Å². The number of hydrogen-bond donors (Lipinski definition) is 2. The van der Waals surface area contributed by atoms with E-state index in [-0.39, 0.29) is 5.56 Å². The van der Waals surface area contributed by atoms with Gasteiger partial charge in [0, 0.05) is 26.4 Å². The fraction of sp³-hybridized carbons (Fsp3) is 0.143. The number of nitrogens with zero attached hydrogens (tertiary/aromatic N) is 3. The number of benzene rings is 1. The number of H-pyrrole nitrogens is 1. The SMILES string of the molecule is COc1ccc(Nc2nnc(SCc3nc4scc(-c5ccc(C)s5)c4c(=O)[nH]3)s2)cc1. The number of methoxy groups -OCH3 is 1. The van der Waals surface area contributed by atoms with E-state index in [0.29, 0.717) is 22.1 Å². The monoisotopic (exact) mass is 499 g/mol. The zero-order valence-corrected chi connectivity index (χ0v) is 20.3. The Kier molecular flexibility index (Phi) is 5.96. The first kappa shape index (κ1) is 21.1. The number of aryl methyl sites for hydroxylation is 1. The van der Waals surface area contributed by atoms with Crippen molar-refractivity contribution in [2.75, 3.05) is 12.4 Å². The molecule has 0 aliphatic rings. The van der Waals surface area contributed by atoms with Crippen molar-refractivity contribution in [3.8, 4) is 16.2 Å². The summed E-state index contributed by atoms with van der Waals surface area (Å²) in [6.45, 7) is 2.06. The standard InChI is InChI=1S/C21H17N5O2S4/c1-11-3-8-15(31-11)14-9-29-19-17(14)18(27)23-16(24-19)10-30-21-26-25-20(32-21)22-12-4-6-13(28-2)7-5-12/h3-9H,10H2,1-2H3,(H,22,25)(H,23,24,27). The van der Waals surface area contributed by atoms with Gasteiger partial charge in [-0.2, -0.15) is 0 Å². The van der Waals surface area contributed by atoms with Crippen molar-refractivity contribution in [2.45, 2.75) is 17.0 Å². The Morgan fingerprint density at radius 3 is 2.72 bits per heavy atom. The van der Waals surface area contributed by atoms with Crippen LogP contribution in [-0.4, -0.2) is 27.3 Å². The van der Waals surface area contributed by atoms with Gasteiger partial charge in [-0.1, -0.05) is 23.1 Å². The van der Waals surface area contributed by atoms with Crippen molar-refractivity contribution in [3.63, 3.8) is 0 Å². The van der Waals surface area contributed by atoms with Gasteiger partial charge in [-0.3, -0.25) is 4.79 Å². The normalized spacial score (nSPS) is 11.2. The van der Waals surface area contributed by atoms with Crippen molar-refractivity contribution >= 4 is 66.8 Å². The summed E-state index contributed by atoms with van der Waals surface area (Å²) in [4.78, 5) is 23.5. The summed E-state index contributed by atoms with van der Waals surface area (Å²) in [7, 11) is 1.64. The van der Waals surface area contributed by atoms with Crippen LogP contribution in [0.4, 0.5) is 10.8 Å². The van der Waals surface area contributed by atoms with E-state index < -0.39 is 0 Å². The Bertz CT molecular complexity index is 1430. The van der Waals surface area contributed by atoms with Gasteiger partial charge in [0.15, 0.2) is 4.34 Å². The molecule has 4 aromatic heterocycles. The number of hydrogen-bond acceptors (Lipinski definition) is 10. The van der Waals surface area contributed by atoms with Gasteiger partial charge >= 0.3 is 0 Å². The maximum Gasteiger partial charge on any atom is 0.260 e. The minimum atomic E-state index is -0.105. The summed E-state index contributed by atoms with van der Waals surface area (Å²) in [5.74, 6) is 1.93. The van der Waals surface area contributed by atoms with Crippen LogP contribution in [-0.2, 0) is 5.75 Å². The predicted octanol–water partition coefficient (Wildman–Crippen LogP) is 5.92. The highest BCUT2D eigenvalue weighted by atomic mass is 32.2. The summed E-state index contributed by atoms with van der Waals surface area (Å²) in [6, 6.07) is 11.7. The molecule has 7 nitrogen and oxygen atoms in total. The van der Waals surface area contributed by atoms with E-state index >= 15 is 0 Å².